The zero-order valence-electron chi connectivity index (χ0n) is 12.9. The Morgan fingerprint density at radius 3 is 2.55 bits per heavy atom. The van der Waals surface area contributed by atoms with Gasteiger partial charge in [-0.15, -0.1) is 0 Å². The summed E-state index contributed by atoms with van der Waals surface area (Å²) in [7, 11) is 6.01. The molecule has 0 spiro atoms. The van der Waals surface area contributed by atoms with Gasteiger partial charge in [0, 0.05) is 48.5 Å². The Morgan fingerprint density at radius 2 is 1.86 bits per heavy atom. The predicted octanol–water partition coefficient (Wildman–Crippen LogP) is 4.66. The summed E-state index contributed by atoms with van der Waals surface area (Å²) in [6, 6.07) is 16.1. The summed E-state index contributed by atoms with van der Waals surface area (Å²) in [6.07, 6.45) is 0. The van der Waals surface area contributed by atoms with Gasteiger partial charge in [-0.25, -0.2) is 4.98 Å². The van der Waals surface area contributed by atoms with E-state index in [-0.39, 0.29) is 0 Å². The maximum absolute atomic E-state index is 6.11. The molecule has 0 fully saturated rings. The van der Waals surface area contributed by atoms with Gasteiger partial charge in [-0.05, 0) is 36.4 Å². The zero-order chi connectivity index (χ0) is 15.7. The number of nitrogens with one attached hydrogen (secondary N) is 1. The van der Waals surface area contributed by atoms with E-state index in [1.54, 1.807) is 0 Å². The fraction of sp³-hybridized carbons (Fsp3) is 0.167. The first-order chi connectivity index (χ1) is 10.6. The molecule has 0 aliphatic heterocycles. The van der Waals surface area contributed by atoms with Crippen molar-refractivity contribution in [2.45, 2.75) is 0 Å². The van der Waals surface area contributed by atoms with Gasteiger partial charge in [-0.1, -0.05) is 23.7 Å². The van der Waals surface area contributed by atoms with Crippen LogP contribution in [0.25, 0.3) is 22.2 Å². The van der Waals surface area contributed by atoms with Crippen molar-refractivity contribution >= 4 is 33.9 Å². The van der Waals surface area contributed by atoms with E-state index in [0.717, 1.165) is 38.6 Å². The quantitative estimate of drug-likeness (QED) is 0.762. The fourth-order valence-corrected chi connectivity index (χ4v) is 2.72. The van der Waals surface area contributed by atoms with Crippen LogP contribution in [0.3, 0.4) is 0 Å². The summed E-state index contributed by atoms with van der Waals surface area (Å²) >= 11 is 6.11. The third-order valence-corrected chi connectivity index (χ3v) is 3.91. The molecule has 0 saturated heterocycles. The highest BCUT2D eigenvalue weighted by Crippen LogP contribution is 2.32. The van der Waals surface area contributed by atoms with Gasteiger partial charge in [0.05, 0.1) is 11.2 Å². The van der Waals surface area contributed by atoms with E-state index in [1.165, 1.54) is 0 Å². The van der Waals surface area contributed by atoms with Crippen LogP contribution in [-0.4, -0.2) is 26.1 Å². The number of benzene rings is 2. The Bertz CT molecular complexity index is 828. The number of anilines is 2. The van der Waals surface area contributed by atoms with Crippen molar-refractivity contribution in [2.24, 2.45) is 0 Å². The number of hydrogen-bond acceptors (Lipinski definition) is 3. The van der Waals surface area contributed by atoms with E-state index in [2.05, 4.69) is 22.3 Å². The summed E-state index contributed by atoms with van der Waals surface area (Å²) < 4.78 is 0. The highest BCUT2D eigenvalue weighted by atomic mass is 35.5. The van der Waals surface area contributed by atoms with Crippen LogP contribution in [0.2, 0.25) is 5.02 Å². The second-order valence-corrected chi connectivity index (χ2v) is 5.85. The first-order valence-electron chi connectivity index (χ1n) is 7.14. The number of hydrogen-bond donors (Lipinski definition) is 1. The third-order valence-electron chi connectivity index (χ3n) is 3.68. The molecule has 3 rings (SSSR count). The van der Waals surface area contributed by atoms with E-state index in [9.17, 15) is 0 Å². The lowest BCUT2D eigenvalue weighted by Gasteiger charge is -2.17. The number of rotatable bonds is 3. The SMILES string of the molecule is CNc1ccc2nc(-c3cccc(Cl)c3)cc(N(C)C)c2c1. The Kier molecular flexibility index (Phi) is 3.90. The van der Waals surface area contributed by atoms with E-state index < -0.39 is 0 Å². The summed E-state index contributed by atoms with van der Waals surface area (Å²) in [5, 5.41) is 5.02. The molecule has 4 heteroatoms. The van der Waals surface area contributed by atoms with Crippen molar-refractivity contribution in [2.75, 3.05) is 31.4 Å². The largest absolute Gasteiger partial charge is 0.388 e. The monoisotopic (exact) mass is 311 g/mol. The summed E-state index contributed by atoms with van der Waals surface area (Å²) in [6.45, 7) is 0. The first-order valence-corrected chi connectivity index (χ1v) is 7.52. The van der Waals surface area contributed by atoms with Gasteiger partial charge in [0.25, 0.3) is 0 Å². The third kappa shape index (κ3) is 2.72. The van der Waals surface area contributed by atoms with Gasteiger partial charge in [0.1, 0.15) is 0 Å². The molecule has 1 aromatic heterocycles. The van der Waals surface area contributed by atoms with Crippen LogP contribution in [0.5, 0.6) is 0 Å². The first kappa shape index (κ1) is 14.7. The second-order valence-electron chi connectivity index (χ2n) is 5.41. The number of fused-ring (bicyclic) bond motifs is 1. The van der Waals surface area contributed by atoms with Crippen LogP contribution < -0.4 is 10.2 Å². The van der Waals surface area contributed by atoms with Crippen LogP contribution >= 0.6 is 11.6 Å². The highest BCUT2D eigenvalue weighted by molar-refractivity contribution is 6.30. The Morgan fingerprint density at radius 1 is 1.05 bits per heavy atom. The van der Waals surface area contributed by atoms with Gasteiger partial charge in [0.2, 0.25) is 0 Å². The minimum atomic E-state index is 0.719. The van der Waals surface area contributed by atoms with E-state index in [1.807, 2.05) is 57.5 Å². The standard InChI is InChI=1S/C18H18ClN3/c1-20-14-7-8-16-15(10-14)18(22(2)3)11-17(21-16)12-5-4-6-13(19)9-12/h4-11,20H,1-3H3. The van der Waals surface area contributed by atoms with Crippen LogP contribution in [0.15, 0.2) is 48.5 Å². The molecular weight excluding hydrogens is 294 g/mol. The zero-order valence-corrected chi connectivity index (χ0v) is 13.6. The average molecular weight is 312 g/mol. The number of halogens is 1. The smallest absolute Gasteiger partial charge is 0.0731 e. The normalized spacial score (nSPS) is 10.7. The van der Waals surface area contributed by atoms with Crippen molar-refractivity contribution in [3.63, 3.8) is 0 Å². The van der Waals surface area contributed by atoms with Crippen LogP contribution in [0.1, 0.15) is 0 Å². The lowest BCUT2D eigenvalue weighted by molar-refractivity contribution is 1.14. The Hall–Kier alpha value is -2.26. The summed E-state index contributed by atoms with van der Waals surface area (Å²) in [5.41, 5.74) is 5.14. The molecule has 0 bridgehead atoms. The Labute approximate surface area is 135 Å². The molecule has 3 aromatic rings. The van der Waals surface area contributed by atoms with Crippen molar-refractivity contribution in [3.05, 3.63) is 53.6 Å². The molecule has 0 aliphatic carbocycles. The number of aromatic nitrogens is 1. The van der Waals surface area contributed by atoms with Gasteiger partial charge in [-0.3, -0.25) is 0 Å². The maximum Gasteiger partial charge on any atom is 0.0731 e. The van der Waals surface area contributed by atoms with Gasteiger partial charge in [-0.2, -0.15) is 0 Å². The molecule has 2 aromatic carbocycles. The van der Waals surface area contributed by atoms with Gasteiger partial charge < -0.3 is 10.2 Å². The molecule has 1 heterocycles. The van der Waals surface area contributed by atoms with E-state index in [4.69, 9.17) is 16.6 Å². The molecular formula is C18H18ClN3. The summed E-state index contributed by atoms with van der Waals surface area (Å²) in [5.74, 6) is 0. The van der Waals surface area contributed by atoms with E-state index in [0.29, 0.717) is 0 Å². The fourth-order valence-electron chi connectivity index (χ4n) is 2.53. The van der Waals surface area contributed by atoms with Gasteiger partial charge in [0.15, 0.2) is 0 Å². The number of pyridine rings is 1. The molecule has 0 saturated carbocycles. The summed E-state index contributed by atoms with van der Waals surface area (Å²) in [4.78, 5) is 6.90. The van der Waals surface area contributed by atoms with Crippen molar-refractivity contribution in [1.82, 2.24) is 4.98 Å². The molecule has 0 radical (unpaired) electrons. The molecule has 22 heavy (non-hydrogen) atoms. The van der Waals surface area contributed by atoms with Crippen molar-refractivity contribution in [3.8, 4) is 11.3 Å². The van der Waals surface area contributed by atoms with Crippen LogP contribution in [0.4, 0.5) is 11.4 Å². The molecule has 0 unspecified atom stereocenters. The van der Waals surface area contributed by atoms with Crippen LogP contribution in [0, 0.1) is 0 Å². The topological polar surface area (TPSA) is 28.2 Å². The van der Waals surface area contributed by atoms with Crippen molar-refractivity contribution < 1.29 is 0 Å². The lowest BCUT2D eigenvalue weighted by Crippen LogP contribution is -2.10. The highest BCUT2D eigenvalue weighted by Gasteiger charge is 2.10. The van der Waals surface area contributed by atoms with Crippen molar-refractivity contribution in [1.29, 1.82) is 0 Å². The molecule has 0 atom stereocenters. The second kappa shape index (κ2) is 5.85. The molecule has 3 nitrogen and oxygen atoms in total. The Balaban J connectivity index is 2.26. The van der Waals surface area contributed by atoms with Crippen LogP contribution in [-0.2, 0) is 0 Å². The minimum Gasteiger partial charge on any atom is -0.388 e. The molecule has 1 N–H and O–H groups in total. The molecule has 0 amide bonds. The minimum absolute atomic E-state index is 0.719. The lowest BCUT2D eigenvalue weighted by atomic mass is 10.1. The predicted molar refractivity (Wildman–Crippen MR) is 96.1 cm³/mol. The number of nitrogens with zero attached hydrogens (tertiary/aromatic N) is 2. The maximum atomic E-state index is 6.11. The average Bonchev–Trinajstić information content (AvgIpc) is 2.53. The molecule has 0 aliphatic rings. The van der Waals surface area contributed by atoms with Gasteiger partial charge >= 0.3 is 0 Å². The van der Waals surface area contributed by atoms with E-state index >= 15 is 0 Å². The molecule has 112 valence electrons.